The number of hydrogen-bond acceptors (Lipinski definition) is 3. The van der Waals surface area contributed by atoms with Gasteiger partial charge in [-0.05, 0) is 74.1 Å². The van der Waals surface area contributed by atoms with Crippen LogP contribution in [0.15, 0.2) is 36.4 Å². The molecule has 146 valence electrons. The van der Waals surface area contributed by atoms with Crippen molar-refractivity contribution < 1.29 is 14.3 Å². The maximum absolute atomic E-state index is 12.6. The number of ether oxygens (including phenoxy) is 2. The summed E-state index contributed by atoms with van der Waals surface area (Å²) >= 11 is 0. The topological polar surface area (TPSA) is 47.6 Å². The van der Waals surface area contributed by atoms with Gasteiger partial charge in [-0.25, -0.2) is 0 Å². The van der Waals surface area contributed by atoms with Crippen molar-refractivity contribution in [2.45, 2.75) is 59.6 Å². The summed E-state index contributed by atoms with van der Waals surface area (Å²) in [5.41, 5.74) is 4.34. The fourth-order valence-electron chi connectivity index (χ4n) is 3.15. The molecule has 27 heavy (non-hydrogen) atoms. The van der Waals surface area contributed by atoms with Gasteiger partial charge in [-0.3, -0.25) is 4.79 Å². The average molecular weight is 370 g/mol. The van der Waals surface area contributed by atoms with E-state index in [1.807, 2.05) is 51.1 Å². The van der Waals surface area contributed by atoms with Gasteiger partial charge in [-0.1, -0.05) is 32.0 Å². The molecule has 0 aliphatic carbocycles. The molecule has 1 N–H and O–H groups in total. The van der Waals surface area contributed by atoms with Crippen LogP contribution in [0.3, 0.4) is 0 Å². The van der Waals surface area contributed by atoms with Crippen molar-refractivity contribution in [2.24, 2.45) is 0 Å². The number of para-hydroxylation sites is 1. The normalized spacial score (nSPS) is 13.2. The van der Waals surface area contributed by atoms with Crippen LogP contribution >= 0.6 is 0 Å². The van der Waals surface area contributed by atoms with Crippen LogP contribution in [0, 0.1) is 13.8 Å². The molecule has 0 bridgehead atoms. The van der Waals surface area contributed by atoms with Crippen molar-refractivity contribution in [1.82, 2.24) is 5.32 Å². The second-order valence-corrected chi connectivity index (χ2v) is 7.36. The summed E-state index contributed by atoms with van der Waals surface area (Å²) in [4.78, 5) is 12.6. The van der Waals surface area contributed by atoms with E-state index in [1.54, 1.807) is 14.0 Å². The Kier molecular flexibility index (Phi) is 6.89. The Labute approximate surface area is 162 Å². The SMILES string of the molecule is COc1cc(C)c(C(C)NC(=O)C(C)Oc2ccccc2C)cc1C(C)C. The first-order valence-corrected chi connectivity index (χ1v) is 9.45. The number of methoxy groups -OCH3 is 1. The summed E-state index contributed by atoms with van der Waals surface area (Å²) in [5, 5.41) is 3.08. The highest BCUT2D eigenvalue weighted by molar-refractivity contribution is 5.81. The monoisotopic (exact) mass is 369 g/mol. The van der Waals surface area contributed by atoms with Gasteiger partial charge in [0.25, 0.3) is 5.91 Å². The summed E-state index contributed by atoms with van der Waals surface area (Å²) < 4.78 is 11.4. The van der Waals surface area contributed by atoms with E-state index >= 15 is 0 Å². The van der Waals surface area contributed by atoms with Gasteiger partial charge in [0.05, 0.1) is 13.2 Å². The highest BCUT2D eigenvalue weighted by Crippen LogP contribution is 2.32. The largest absolute Gasteiger partial charge is 0.496 e. The van der Waals surface area contributed by atoms with Gasteiger partial charge in [-0.15, -0.1) is 0 Å². The average Bonchev–Trinajstić information content (AvgIpc) is 2.62. The Morgan fingerprint density at radius 2 is 1.59 bits per heavy atom. The summed E-state index contributed by atoms with van der Waals surface area (Å²) in [6.45, 7) is 12.1. The van der Waals surface area contributed by atoms with Crippen molar-refractivity contribution in [3.8, 4) is 11.5 Å². The third-order valence-corrected chi connectivity index (χ3v) is 4.83. The third kappa shape index (κ3) is 5.03. The van der Waals surface area contributed by atoms with Crippen LogP contribution in [0.1, 0.15) is 61.9 Å². The molecule has 2 aromatic rings. The number of nitrogens with one attached hydrogen (secondary N) is 1. The van der Waals surface area contributed by atoms with E-state index in [9.17, 15) is 4.79 Å². The van der Waals surface area contributed by atoms with Crippen molar-refractivity contribution in [3.63, 3.8) is 0 Å². The Morgan fingerprint density at radius 1 is 0.926 bits per heavy atom. The number of benzene rings is 2. The zero-order valence-corrected chi connectivity index (χ0v) is 17.4. The molecule has 2 aromatic carbocycles. The van der Waals surface area contributed by atoms with Crippen molar-refractivity contribution in [2.75, 3.05) is 7.11 Å². The molecule has 0 aliphatic rings. The van der Waals surface area contributed by atoms with E-state index in [1.165, 1.54) is 0 Å². The van der Waals surface area contributed by atoms with Crippen LogP contribution in [-0.4, -0.2) is 19.1 Å². The van der Waals surface area contributed by atoms with Gasteiger partial charge in [0.15, 0.2) is 6.10 Å². The summed E-state index contributed by atoms with van der Waals surface area (Å²) in [6, 6.07) is 11.8. The number of carbonyl (C=O) groups excluding carboxylic acids is 1. The first-order valence-electron chi connectivity index (χ1n) is 9.45. The van der Waals surface area contributed by atoms with E-state index < -0.39 is 6.10 Å². The van der Waals surface area contributed by atoms with E-state index in [0.29, 0.717) is 5.92 Å². The lowest BCUT2D eigenvalue weighted by molar-refractivity contribution is -0.127. The van der Waals surface area contributed by atoms with Crippen molar-refractivity contribution in [3.05, 3.63) is 58.7 Å². The molecule has 0 heterocycles. The molecule has 0 fully saturated rings. The quantitative estimate of drug-likeness (QED) is 0.740. The molecular formula is C23H31NO3. The third-order valence-electron chi connectivity index (χ3n) is 4.83. The summed E-state index contributed by atoms with van der Waals surface area (Å²) in [5.74, 6) is 1.83. The number of amides is 1. The molecule has 4 nitrogen and oxygen atoms in total. The van der Waals surface area contributed by atoms with Crippen molar-refractivity contribution in [1.29, 1.82) is 0 Å². The van der Waals surface area contributed by atoms with Gasteiger partial charge in [0, 0.05) is 0 Å². The number of carbonyl (C=O) groups is 1. The fraction of sp³-hybridized carbons (Fsp3) is 0.435. The van der Waals surface area contributed by atoms with Gasteiger partial charge in [-0.2, -0.15) is 0 Å². The fourth-order valence-corrected chi connectivity index (χ4v) is 3.15. The van der Waals surface area contributed by atoms with Crippen LogP contribution < -0.4 is 14.8 Å². The first-order chi connectivity index (χ1) is 12.7. The van der Waals surface area contributed by atoms with Gasteiger partial charge in [0.2, 0.25) is 0 Å². The van der Waals surface area contributed by atoms with Crippen LogP contribution in [0.2, 0.25) is 0 Å². The standard InChI is InChI=1S/C23H31NO3/c1-14(2)19-13-20(16(4)12-22(19)26-7)17(5)24-23(25)18(6)27-21-11-9-8-10-15(21)3/h8-14,17-18H,1-7H3,(H,24,25). The maximum Gasteiger partial charge on any atom is 0.261 e. The Bertz CT molecular complexity index is 798. The molecule has 2 atom stereocenters. The number of rotatable bonds is 7. The molecule has 2 unspecified atom stereocenters. The molecule has 0 aliphatic heterocycles. The molecule has 0 saturated carbocycles. The van der Waals surface area contributed by atoms with Gasteiger partial charge in [0.1, 0.15) is 11.5 Å². The lowest BCUT2D eigenvalue weighted by Crippen LogP contribution is -2.38. The molecule has 4 heteroatoms. The zero-order chi connectivity index (χ0) is 20.1. The molecule has 0 radical (unpaired) electrons. The van der Waals surface area contributed by atoms with E-state index in [4.69, 9.17) is 9.47 Å². The molecule has 2 rings (SSSR count). The van der Waals surface area contributed by atoms with Crippen LogP contribution in [0.5, 0.6) is 11.5 Å². The Hall–Kier alpha value is -2.49. The lowest BCUT2D eigenvalue weighted by Gasteiger charge is -2.23. The second-order valence-electron chi connectivity index (χ2n) is 7.36. The smallest absolute Gasteiger partial charge is 0.261 e. The molecular weight excluding hydrogens is 338 g/mol. The summed E-state index contributed by atoms with van der Waals surface area (Å²) in [6.07, 6.45) is -0.573. The summed E-state index contributed by atoms with van der Waals surface area (Å²) in [7, 11) is 1.69. The van der Waals surface area contributed by atoms with E-state index in [2.05, 4.69) is 25.2 Å². The Balaban J connectivity index is 2.14. The molecule has 0 saturated heterocycles. The minimum absolute atomic E-state index is 0.121. The predicted molar refractivity (Wildman–Crippen MR) is 110 cm³/mol. The van der Waals surface area contributed by atoms with Crippen LogP contribution in [0.4, 0.5) is 0 Å². The highest BCUT2D eigenvalue weighted by atomic mass is 16.5. The molecule has 0 spiro atoms. The second kappa shape index (κ2) is 8.94. The van der Waals surface area contributed by atoms with Crippen LogP contribution in [-0.2, 0) is 4.79 Å². The van der Waals surface area contributed by atoms with E-state index in [0.717, 1.165) is 33.8 Å². The van der Waals surface area contributed by atoms with Crippen LogP contribution in [0.25, 0.3) is 0 Å². The highest BCUT2D eigenvalue weighted by Gasteiger charge is 2.21. The van der Waals surface area contributed by atoms with Crippen molar-refractivity contribution >= 4 is 5.91 Å². The van der Waals surface area contributed by atoms with E-state index in [-0.39, 0.29) is 11.9 Å². The minimum Gasteiger partial charge on any atom is -0.496 e. The number of aryl methyl sites for hydroxylation is 2. The molecule has 0 aromatic heterocycles. The zero-order valence-electron chi connectivity index (χ0n) is 17.4. The Morgan fingerprint density at radius 3 is 2.19 bits per heavy atom. The van der Waals surface area contributed by atoms with Gasteiger partial charge < -0.3 is 14.8 Å². The first kappa shape index (κ1) is 20.8. The van der Waals surface area contributed by atoms with Gasteiger partial charge >= 0.3 is 0 Å². The maximum atomic E-state index is 12.6. The number of hydrogen-bond donors (Lipinski definition) is 1. The minimum atomic E-state index is -0.573. The predicted octanol–water partition coefficient (Wildman–Crippen LogP) is 5.08. The lowest BCUT2D eigenvalue weighted by atomic mass is 9.93. The molecule has 1 amide bonds.